The van der Waals surface area contributed by atoms with Crippen molar-refractivity contribution in [2.45, 2.75) is 39.3 Å². The molecule has 6 nitrogen and oxygen atoms in total. The zero-order chi connectivity index (χ0) is 19.3. The van der Waals surface area contributed by atoms with Crippen LogP contribution in [0.2, 0.25) is 0 Å². The zero-order valence-electron chi connectivity index (χ0n) is 16.1. The minimum Gasteiger partial charge on any atom is -0.443 e. The van der Waals surface area contributed by atoms with Crippen molar-refractivity contribution in [3.05, 3.63) is 59.3 Å². The molecule has 0 unspecified atom stereocenters. The van der Waals surface area contributed by atoms with E-state index in [2.05, 4.69) is 63.9 Å². The van der Waals surface area contributed by atoms with Gasteiger partial charge in [0.1, 0.15) is 10.8 Å². The molecule has 0 fully saturated rings. The number of oxazole rings is 1. The molecule has 0 radical (unpaired) electrons. The van der Waals surface area contributed by atoms with Crippen LogP contribution in [0.5, 0.6) is 0 Å². The molecule has 2 aromatic heterocycles. The molecule has 3 aromatic rings. The number of benzene rings is 1. The average Bonchev–Trinajstić information content (AvgIpc) is 3.32. The van der Waals surface area contributed by atoms with Crippen LogP contribution < -0.4 is 10.6 Å². The first-order valence-electron chi connectivity index (χ1n) is 8.85. The van der Waals surface area contributed by atoms with Crippen molar-refractivity contribution in [2.24, 2.45) is 4.99 Å². The highest BCUT2D eigenvalue weighted by Crippen LogP contribution is 2.23. The molecule has 2 N–H and O–H groups in total. The first-order chi connectivity index (χ1) is 13.0. The van der Waals surface area contributed by atoms with E-state index >= 15 is 0 Å². The third-order valence-electron chi connectivity index (χ3n) is 3.93. The maximum atomic E-state index is 5.79. The first-order valence-corrected chi connectivity index (χ1v) is 9.73. The third-order valence-corrected chi connectivity index (χ3v) is 4.87. The van der Waals surface area contributed by atoms with Gasteiger partial charge in [0, 0.05) is 23.4 Å². The van der Waals surface area contributed by atoms with Crippen LogP contribution in [0.15, 0.2) is 51.3 Å². The van der Waals surface area contributed by atoms with Crippen molar-refractivity contribution in [1.82, 2.24) is 20.6 Å². The molecule has 0 spiro atoms. The van der Waals surface area contributed by atoms with E-state index in [1.54, 1.807) is 24.6 Å². The van der Waals surface area contributed by atoms with Crippen molar-refractivity contribution >= 4 is 17.3 Å². The van der Waals surface area contributed by atoms with Crippen molar-refractivity contribution in [1.29, 1.82) is 0 Å². The van der Waals surface area contributed by atoms with Gasteiger partial charge in [0.2, 0.25) is 5.89 Å². The van der Waals surface area contributed by atoms with Gasteiger partial charge in [0.15, 0.2) is 5.96 Å². The molecule has 7 heteroatoms. The molecular formula is C20H25N5OS. The fourth-order valence-electron chi connectivity index (χ4n) is 2.39. The number of rotatable bonds is 5. The molecule has 0 saturated carbocycles. The summed E-state index contributed by atoms with van der Waals surface area (Å²) in [4.78, 5) is 13.2. The summed E-state index contributed by atoms with van der Waals surface area (Å²) in [6.07, 6.45) is 1.79. The van der Waals surface area contributed by atoms with Crippen LogP contribution in [0.1, 0.15) is 38.1 Å². The van der Waals surface area contributed by atoms with Gasteiger partial charge >= 0.3 is 0 Å². The zero-order valence-corrected chi connectivity index (χ0v) is 16.9. The normalized spacial score (nSPS) is 12.2. The quantitative estimate of drug-likeness (QED) is 0.515. The lowest BCUT2D eigenvalue weighted by atomic mass is 9.94. The highest BCUT2D eigenvalue weighted by molar-refractivity contribution is 7.13. The number of hydrogen-bond acceptors (Lipinski definition) is 5. The third kappa shape index (κ3) is 5.17. The second kappa shape index (κ2) is 8.35. The van der Waals surface area contributed by atoms with E-state index in [-0.39, 0.29) is 5.41 Å². The van der Waals surface area contributed by atoms with E-state index in [0.717, 1.165) is 22.0 Å². The average molecular weight is 384 g/mol. The molecule has 0 aliphatic rings. The Balaban J connectivity index is 1.52. The van der Waals surface area contributed by atoms with Crippen LogP contribution in [0.4, 0.5) is 0 Å². The molecule has 142 valence electrons. The Kier molecular flexibility index (Phi) is 5.91. The highest BCUT2D eigenvalue weighted by atomic mass is 32.1. The van der Waals surface area contributed by atoms with E-state index in [1.807, 2.05) is 18.2 Å². The summed E-state index contributed by atoms with van der Waals surface area (Å²) in [7, 11) is 1.74. The standard InChI is InChI=1S/C20H25N5OS/c1-20(2,3)16-11-22-17(26-16)12-24-19(21-4)23-10-15-13-27-18(25-15)14-8-6-5-7-9-14/h5-9,11,13H,10,12H2,1-4H3,(H2,21,23,24). The minimum atomic E-state index is -0.0494. The fourth-order valence-corrected chi connectivity index (χ4v) is 3.22. The molecule has 0 aliphatic carbocycles. The van der Waals surface area contributed by atoms with Gasteiger partial charge in [-0.05, 0) is 0 Å². The summed E-state index contributed by atoms with van der Waals surface area (Å²) in [5.41, 5.74) is 2.06. The Bertz CT molecular complexity index is 892. The summed E-state index contributed by atoms with van der Waals surface area (Å²) >= 11 is 1.64. The molecule has 0 amide bonds. The van der Waals surface area contributed by atoms with Crippen molar-refractivity contribution in [3.63, 3.8) is 0 Å². The van der Waals surface area contributed by atoms with Gasteiger partial charge in [0.25, 0.3) is 0 Å². The molecule has 0 bridgehead atoms. The number of aromatic nitrogens is 2. The summed E-state index contributed by atoms with van der Waals surface area (Å²) in [6.45, 7) is 7.37. The molecule has 0 atom stereocenters. The van der Waals surface area contributed by atoms with Crippen LogP contribution in [0.25, 0.3) is 10.6 Å². The SMILES string of the molecule is CN=C(NCc1csc(-c2ccccc2)n1)NCc1ncc(C(C)(C)C)o1. The second-order valence-corrected chi connectivity index (χ2v) is 8.02. The van der Waals surface area contributed by atoms with Crippen LogP contribution >= 0.6 is 11.3 Å². The van der Waals surface area contributed by atoms with Gasteiger partial charge in [-0.15, -0.1) is 11.3 Å². The number of aliphatic imine (C=N–C) groups is 1. The van der Waals surface area contributed by atoms with Crippen molar-refractivity contribution < 1.29 is 4.42 Å². The van der Waals surface area contributed by atoms with Gasteiger partial charge in [0.05, 0.1) is 25.0 Å². The van der Waals surface area contributed by atoms with Crippen molar-refractivity contribution in [3.8, 4) is 10.6 Å². The number of nitrogens with one attached hydrogen (secondary N) is 2. The van der Waals surface area contributed by atoms with Gasteiger partial charge in [-0.2, -0.15) is 0 Å². The maximum absolute atomic E-state index is 5.79. The monoisotopic (exact) mass is 383 g/mol. The van der Waals surface area contributed by atoms with E-state index in [1.165, 1.54) is 0 Å². The predicted octanol–water partition coefficient (Wildman–Crippen LogP) is 3.96. The van der Waals surface area contributed by atoms with E-state index in [4.69, 9.17) is 4.42 Å². The van der Waals surface area contributed by atoms with E-state index < -0.39 is 0 Å². The van der Waals surface area contributed by atoms with Crippen LogP contribution in [-0.4, -0.2) is 23.0 Å². The molecule has 1 aromatic carbocycles. The Hall–Kier alpha value is -2.67. The largest absolute Gasteiger partial charge is 0.443 e. The summed E-state index contributed by atoms with van der Waals surface area (Å²) in [5, 5.41) is 9.57. The summed E-state index contributed by atoms with van der Waals surface area (Å²) in [5.74, 6) is 2.20. The van der Waals surface area contributed by atoms with Crippen LogP contribution in [0, 0.1) is 0 Å². The van der Waals surface area contributed by atoms with Crippen LogP contribution in [0.3, 0.4) is 0 Å². The Morgan fingerprint density at radius 3 is 2.56 bits per heavy atom. The minimum absolute atomic E-state index is 0.0494. The van der Waals surface area contributed by atoms with Gasteiger partial charge in [-0.1, -0.05) is 51.1 Å². The number of nitrogens with zero attached hydrogens (tertiary/aromatic N) is 3. The van der Waals surface area contributed by atoms with Gasteiger partial charge in [-0.3, -0.25) is 4.99 Å². The van der Waals surface area contributed by atoms with Gasteiger partial charge in [-0.25, -0.2) is 9.97 Å². The number of thiazole rings is 1. The van der Waals surface area contributed by atoms with Crippen molar-refractivity contribution in [2.75, 3.05) is 7.05 Å². The predicted molar refractivity (Wildman–Crippen MR) is 110 cm³/mol. The highest BCUT2D eigenvalue weighted by Gasteiger charge is 2.19. The number of guanidine groups is 1. The lowest BCUT2D eigenvalue weighted by Gasteiger charge is -2.13. The summed E-state index contributed by atoms with van der Waals surface area (Å²) in [6, 6.07) is 10.2. The Morgan fingerprint density at radius 1 is 1.15 bits per heavy atom. The molecule has 27 heavy (non-hydrogen) atoms. The molecule has 0 aliphatic heterocycles. The molecule has 3 rings (SSSR count). The lowest BCUT2D eigenvalue weighted by Crippen LogP contribution is -2.36. The molecular weight excluding hydrogens is 358 g/mol. The first kappa shape index (κ1) is 19.1. The number of hydrogen-bond donors (Lipinski definition) is 2. The fraction of sp³-hybridized carbons (Fsp3) is 0.350. The Labute approximate surface area is 163 Å². The van der Waals surface area contributed by atoms with Gasteiger partial charge < -0.3 is 15.1 Å². The van der Waals surface area contributed by atoms with Crippen LogP contribution in [-0.2, 0) is 18.5 Å². The second-order valence-electron chi connectivity index (χ2n) is 7.16. The summed E-state index contributed by atoms with van der Waals surface area (Å²) < 4.78 is 5.79. The molecule has 0 saturated heterocycles. The Morgan fingerprint density at radius 2 is 1.89 bits per heavy atom. The van der Waals surface area contributed by atoms with E-state index in [0.29, 0.717) is 24.9 Å². The topological polar surface area (TPSA) is 75.3 Å². The van der Waals surface area contributed by atoms with E-state index in [9.17, 15) is 0 Å². The smallest absolute Gasteiger partial charge is 0.213 e. The maximum Gasteiger partial charge on any atom is 0.213 e. The molecule has 2 heterocycles. The lowest BCUT2D eigenvalue weighted by molar-refractivity contribution is 0.379.